The molecule has 0 amide bonds. The molecule has 2 nitrogen and oxygen atoms in total. The average Bonchev–Trinajstić information content (AvgIpc) is 2.20. The van der Waals surface area contributed by atoms with Crippen LogP contribution in [0.2, 0.25) is 0 Å². The summed E-state index contributed by atoms with van der Waals surface area (Å²) in [5, 5.41) is 3.42. The van der Waals surface area contributed by atoms with E-state index in [1.165, 1.54) is 11.1 Å². The van der Waals surface area contributed by atoms with E-state index in [9.17, 15) is 0 Å². The summed E-state index contributed by atoms with van der Waals surface area (Å²) in [5.74, 6) is 0.415. The van der Waals surface area contributed by atoms with Crippen LogP contribution in [0.15, 0.2) is 29.3 Å². The van der Waals surface area contributed by atoms with Crippen molar-refractivity contribution in [1.29, 1.82) is 0 Å². The highest BCUT2D eigenvalue weighted by molar-refractivity contribution is 5.69. The van der Waals surface area contributed by atoms with Gasteiger partial charge in [-0.25, -0.2) is 0 Å². The summed E-state index contributed by atoms with van der Waals surface area (Å²) in [7, 11) is 0. The van der Waals surface area contributed by atoms with Gasteiger partial charge >= 0.3 is 0 Å². The largest absolute Gasteiger partial charge is 0.293 e. The molecule has 2 rings (SSSR count). The highest BCUT2D eigenvalue weighted by atomic mass is 15.1. The molecule has 1 heterocycles. The van der Waals surface area contributed by atoms with E-state index in [1.807, 2.05) is 0 Å². The fourth-order valence-electron chi connectivity index (χ4n) is 1.75. The summed E-state index contributed by atoms with van der Waals surface area (Å²) in [6.45, 7) is 7.27. The highest BCUT2D eigenvalue weighted by Gasteiger charge is 2.22. The van der Waals surface area contributed by atoms with Gasteiger partial charge in [0.25, 0.3) is 0 Å². The Morgan fingerprint density at radius 2 is 1.93 bits per heavy atom. The van der Waals surface area contributed by atoms with Crippen LogP contribution in [-0.2, 0) is 0 Å². The topological polar surface area (TPSA) is 24.4 Å². The lowest BCUT2D eigenvalue weighted by molar-refractivity contribution is 0.389. The molecular weight excluding hydrogens is 184 g/mol. The van der Waals surface area contributed by atoms with Gasteiger partial charge in [0, 0.05) is 18.7 Å². The van der Waals surface area contributed by atoms with Crippen molar-refractivity contribution in [2.24, 2.45) is 4.99 Å². The molecular formula is C13H18N2. The molecule has 1 N–H and O–H groups in total. The normalized spacial score (nSPS) is 24.1. The second kappa shape index (κ2) is 3.78. The number of hydrogen-bond acceptors (Lipinski definition) is 2. The number of nitrogens with zero attached hydrogens (tertiary/aromatic N) is 1. The van der Waals surface area contributed by atoms with Crippen LogP contribution in [-0.4, -0.2) is 18.4 Å². The number of hydrogen-bond donors (Lipinski definition) is 1. The standard InChI is InChI=1S/C13H18N2/c1-10-4-6-11(7-5-10)12-8-14-13(2,3)15-9-12/h4-8,12,15H,9H2,1-3H3. The van der Waals surface area contributed by atoms with Crippen LogP contribution in [0, 0.1) is 6.92 Å². The summed E-state index contributed by atoms with van der Waals surface area (Å²) in [6, 6.07) is 8.68. The Balaban J connectivity index is 2.17. The minimum Gasteiger partial charge on any atom is -0.293 e. The maximum absolute atomic E-state index is 4.51. The van der Waals surface area contributed by atoms with Gasteiger partial charge in [0.2, 0.25) is 0 Å². The monoisotopic (exact) mass is 202 g/mol. The third kappa shape index (κ3) is 2.45. The van der Waals surface area contributed by atoms with E-state index in [1.54, 1.807) is 0 Å². The maximum Gasteiger partial charge on any atom is 0.104 e. The van der Waals surface area contributed by atoms with E-state index in [2.05, 4.69) is 61.6 Å². The zero-order valence-corrected chi connectivity index (χ0v) is 9.62. The van der Waals surface area contributed by atoms with Crippen LogP contribution in [0.4, 0.5) is 0 Å². The van der Waals surface area contributed by atoms with Gasteiger partial charge in [-0.15, -0.1) is 0 Å². The van der Waals surface area contributed by atoms with Crippen molar-refractivity contribution in [3.8, 4) is 0 Å². The van der Waals surface area contributed by atoms with Crippen LogP contribution in [0.1, 0.15) is 30.9 Å². The Bertz CT molecular complexity index is 363. The molecule has 1 aromatic rings. The zero-order chi connectivity index (χ0) is 10.9. The second-order valence-electron chi connectivity index (χ2n) is 4.74. The minimum absolute atomic E-state index is 0.0960. The van der Waals surface area contributed by atoms with Gasteiger partial charge < -0.3 is 0 Å². The molecule has 1 unspecified atom stereocenters. The van der Waals surface area contributed by atoms with Crippen LogP contribution in [0.5, 0.6) is 0 Å². The predicted molar refractivity (Wildman–Crippen MR) is 64.5 cm³/mol. The Morgan fingerprint density at radius 3 is 2.47 bits per heavy atom. The van der Waals surface area contributed by atoms with E-state index < -0.39 is 0 Å². The van der Waals surface area contributed by atoms with E-state index in [-0.39, 0.29) is 5.66 Å². The zero-order valence-electron chi connectivity index (χ0n) is 9.62. The summed E-state index contributed by atoms with van der Waals surface area (Å²) in [4.78, 5) is 4.51. The van der Waals surface area contributed by atoms with E-state index in [0.717, 1.165) is 6.54 Å². The predicted octanol–water partition coefficient (Wildman–Crippen LogP) is 2.49. The Labute approximate surface area is 91.4 Å². The first-order valence-electron chi connectivity index (χ1n) is 5.44. The molecule has 1 aromatic carbocycles. The SMILES string of the molecule is Cc1ccc(C2C=NC(C)(C)NC2)cc1. The number of rotatable bonds is 1. The first-order valence-corrected chi connectivity index (χ1v) is 5.44. The quantitative estimate of drug-likeness (QED) is 0.743. The van der Waals surface area contributed by atoms with Gasteiger partial charge in [0.1, 0.15) is 5.66 Å². The average molecular weight is 202 g/mol. The Kier molecular flexibility index (Phi) is 2.61. The van der Waals surface area contributed by atoms with Gasteiger partial charge in [0.15, 0.2) is 0 Å². The van der Waals surface area contributed by atoms with Gasteiger partial charge in [-0.2, -0.15) is 0 Å². The van der Waals surface area contributed by atoms with Crippen LogP contribution in [0.25, 0.3) is 0 Å². The van der Waals surface area contributed by atoms with Gasteiger partial charge in [-0.3, -0.25) is 10.3 Å². The van der Waals surface area contributed by atoms with Gasteiger partial charge in [-0.05, 0) is 26.3 Å². The lowest BCUT2D eigenvalue weighted by atomic mass is 9.97. The fraction of sp³-hybridized carbons (Fsp3) is 0.462. The molecule has 0 spiro atoms. The van der Waals surface area contributed by atoms with Crippen LogP contribution in [0.3, 0.4) is 0 Å². The van der Waals surface area contributed by atoms with Crippen molar-refractivity contribution in [2.45, 2.75) is 32.4 Å². The van der Waals surface area contributed by atoms with E-state index in [4.69, 9.17) is 0 Å². The summed E-state index contributed by atoms with van der Waals surface area (Å²) >= 11 is 0. The fourth-order valence-corrected chi connectivity index (χ4v) is 1.75. The van der Waals surface area contributed by atoms with Crippen molar-refractivity contribution >= 4 is 6.21 Å². The molecule has 80 valence electrons. The lowest BCUT2D eigenvalue weighted by Gasteiger charge is -2.29. The molecule has 2 heteroatoms. The van der Waals surface area contributed by atoms with Crippen LogP contribution < -0.4 is 5.32 Å². The molecule has 0 aromatic heterocycles. The van der Waals surface area contributed by atoms with Gasteiger partial charge in [-0.1, -0.05) is 29.8 Å². The summed E-state index contributed by atoms with van der Waals surface area (Å²) < 4.78 is 0. The van der Waals surface area contributed by atoms with E-state index >= 15 is 0 Å². The number of nitrogens with one attached hydrogen (secondary N) is 1. The minimum atomic E-state index is -0.0960. The molecule has 0 bridgehead atoms. The Hall–Kier alpha value is -1.15. The molecule has 0 saturated heterocycles. The second-order valence-corrected chi connectivity index (χ2v) is 4.74. The number of aryl methyl sites for hydroxylation is 1. The smallest absolute Gasteiger partial charge is 0.104 e. The number of benzene rings is 1. The maximum atomic E-state index is 4.51. The first kappa shape index (κ1) is 10.4. The first-order chi connectivity index (χ1) is 7.07. The Morgan fingerprint density at radius 1 is 1.27 bits per heavy atom. The summed E-state index contributed by atoms with van der Waals surface area (Å²) in [5.41, 5.74) is 2.55. The molecule has 0 aliphatic carbocycles. The molecule has 15 heavy (non-hydrogen) atoms. The number of aliphatic imine (C=N–C) groups is 1. The van der Waals surface area contributed by atoms with Gasteiger partial charge in [0.05, 0.1) is 0 Å². The van der Waals surface area contributed by atoms with Crippen molar-refractivity contribution < 1.29 is 0 Å². The van der Waals surface area contributed by atoms with Crippen molar-refractivity contribution in [2.75, 3.05) is 6.54 Å². The third-order valence-electron chi connectivity index (χ3n) is 2.84. The molecule has 0 fully saturated rings. The molecule has 1 aliphatic rings. The van der Waals surface area contributed by atoms with Crippen molar-refractivity contribution in [3.05, 3.63) is 35.4 Å². The highest BCUT2D eigenvalue weighted by Crippen LogP contribution is 2.19. The van der Waals surface area contributed by atoms with Crippen molar-refractivity contribution in [1.82, 2.24) is 5.32 Å². The molecule has 1 atom stereocenters. The molecule has 0 saturated carbocycles. The van der Waals surface area contributed by atoms with Crippen LogP contribution >= 0.6 is 0 Å². The van der Waals surface area contributed by atoms with Crippen molar-refractivity contribution in [3.63, 3.8) is 0 Å². The molecule has 1 aliphatic heterocycles. The summed E-state index contributed by atoms with van der Waals surface area (Å²) in [6.07, 6.45) is 2.07. The molecule has 0 radical (unpaired) electrons. The third-order valence-corrected chi connectivity index (χ3v) is 2.84. The van der Waals surface area contributed by atoms with E-state index in [0.29, 0.717) is 5.92 Å². The lowest BCUT2D eigenvalue weighted by Crippen LogP contribution is -2.43.